The average Bonchev–Trinajstić information content (AvgIpc) is 3.68. The van der Waals surface area contributed by atoms with Gasteiger partial charge in [0.15, 0.2) is 0 Å². The van der Waals surface area contributed by atoms with Gasteiger partial charge >= 0.3 is 12.5 Å². The maximum absolute atomic E-state index is 13.5. The van der Waals surface area contributed by atoms with Crippen LogP contribution in [0.5, 0.6) is 0 Å². The quantitative estimate of drug-likeness (QED) is 0.251. The van der Waals surface area contributed by atoms with Crippen LogP contribution >= 0.6 is 0 Å². The predicted octanol–water partition coefficient (Wildman–Crippen LogP) is 5.80. The fourth-order valence-corrected chi connectivity index (χ4v) is 6.62. The third kappa shape index (κ3) is 6.15. The summed E-state index contributed by atoms with van der Waals surface area (Å²) in [6.07, 6.45) is -5.67. The minimum absolute atomic E-state index is 0.122. The van der Waals surface area contributed by atoms with E-state index in [1.54, 1.807) is 28.9 Å². The normalized spacial score (nSPS) is 21.5. The smallest absolute Gasteiger partial charge is 0.370 e. The first-order chi connectivity index (χ1) is 21.7. The first kappa shape index (κ1) is 30.5. The Hall–Kier alpha value is -4.18. The number of halogens is 6. The SMILES string of the molecule is Cc1ccc(-c2noc(C3CC(OC(F)(F)F)C3)n2)cc1NC(=O)c1cnn2ccc(N3CC4(CCN(CC(F)(F)F)C4)C3)cc12. The van der Waals surface area contributed by atoms with Crippen molar-refractivity contribution in [3.63, 3.8) is 0 Å². The molecule has 1 amide bonds. The van der Waals surface area contributed by atoms with E-state index in [0.717, 1.165) is 11.3 Å². The first-order valence-electron chi connectivity index (χ1n) is 14.7. The third-order valence-electron chi connectivity index (χ3n) is 9.02. The summed E-state index contributed by atoms with van der Waals surface area (Å²) >= 11 is 0. The van der Waals surface area contributed by atoms with Crippen LogP contribution in [-0.2, 0) is 4.74 Å². The summed E-state index contributed by atoms with van der Waals surface area (Å²) in [6.45, 7) is 3.05. The minimum Gasteiger partial charge on any atom is -0.370 e. The van der Waals surface area contributed by atoms with E-state index in [-0.39, 0.29) is 35.9 Å². The number of likely N-dealkylation sites (tertiary alicyclic amines) is 1. The first-order valence-corrected chi connectivity index (χ1v) is 14.7. The van der Waals surface area contributed by atoms with Gasteiger partial charge in [-0.15, -0.1) is 13.2 Å². The van der Waals surface area contributed by atoms with E-state index in [9.17, 15) is 31.1 Å². The second kappa shape index (κ2) is 11.0. The van der Waals surface area contributed by atoms with Crippen LogP contribution in [0.2, 0.25) is 0 Å². The molecule has 2 saturated heterocycles. The van der Waals surface area contributed by atoms with Crippen molar-refractivity contribution in [3.8, 4) is 11.4 Å². The molecule has 1 aromatic carbocycles. The summed E-state index contributed by atoms with van der Waals surface area (Å²) in [5.41, 5.74) is 3.42. The molecular formula is C30H29F6N7O3. The number of alkyl halides is 6. The number of anilines is 2. The van der Waals surface area contributed by atoms with Crippen molar-refractivity contribution in [1.29, 1.82) is 0 Å². The zero-order valence-electron chi connectivity index (χ0n) is 24.5. The van der Waals surface area contributed by atoms with Gasteiger partial charge in [-0.05, 0) is 56.5 Å². The molecule has 0 atom stereocenters. The molecule has 7 rings (SSSR count). The number of fused-ring (bicyclic) bond motifs is 1. The number of hydrogen-bond acceptors (Lipinski definition) is 8. The van der Waals surface area contributed by atoms with Crippen LogP contribution in [0.3, 0.4) is 0 Å². The van der Waals surface area contributed by atoms with Crippen molar-refractivity contribution in [3.05, 3.63) is 59.7 Å². The fraction of sp³-hybridized carbons (Fsp3) is 0.467. The van der Waals surface area contributed by atoms with Crippen LogP contribution in [-0.4, -0.2) is 81.9 Å². The van der Waals surface area contributed by atoms with Gasteiger partial charge in [0.25, 0.3) is 5.91 Å². The highest BCUT2D eigenvalue weighted by molar-refractivity contribution is 6.09. The number of aromatic nitrogens is 4. The predicted molar refractivity (Wildman–Crippen MR) is 152 cm³/mol. The van der Waals surface area contributed by atoms with Gasteiger partial charge in [0.1, 0.15) is 0 Å². The summed E-state index contributed by atoms with van der Waals surface area (Å²) in [5.74, 6) is -0.264. The number of nitrogens with one attached hydrogen (secondary N) is 1. The number of pyridine rings is 1. The van der Waals surface area contributed by atoms with Crippen LogP contribution < -0.4 is 10.2 Å². The standard InChI is InChI=1S/C30H29F6N7O3/c1-17-2-3-18(25-39-27(46-40-25)19-8-21(9-19)45-30(34,35)36)10-23(17)38-26(44)22-12-37-43-6-4-20(11-24(22)43)42-14-28(15-42)5-7-41(13-28)16-29(31,32)33/h2-4,6,10-12,19,21H,5,7-9,13-16H2,1H3,(H,38,44). The molecule has 0 unspecified atom stereocenters. The van der Waals surface area contributed by atoms with E-state index in [1.807, 2.05) is 19.1 Å². The van der Waals surface area contributed by atoms with Gasteiger partial charge in [0, 0.05) is 54.1 Å². The molecule has 5 heterocycles. The lowest BCUT2D eigenvalue weighted by atomic mass is 9.79. The molecule has 1 aliphatic carbocycles. The molecule has 16 heteroatoms. The van der Waals surface area contributed by atoms with E-state index in [2.05, 4.69) is 30.2 Å². The number of aryl methyl sites for hydroxylation is 1. The van der Waals surface area contributed by atoms with Crippen molar-refractivity contribution in [1.82, 2.24) is 24.7 Å². The number of amides is 1. The third-order valence-corrected chi connectivity index (χ3v) is 9.02. The lowest BCUT2D eigenvalue weighted by Gasteiger charge is -2.49. The van der Waals surface area contributed by atoms with E-state index in [1.165, 1.54) is 11.1 Å². The molecular weight excluding hydrogens is 620 g/mol. The van der Waals surface area contributed by atoms with Gasteiger partial charge in [-0.3, -0.25) is 14.4 Å². The minimum atomic E-state index is -4.69. The highest BCUT2D eigenvalue weighted by atomic mass is 19.4. The Labute approximate surface area is 258 Å². The van der Waals surface area contributed by atoms with E-state index >= 15 is 0 Å². The number of ether oxygens (including phenoxy) is 1. The molecule has 10 nitrogen and oxygen atoms in total. The Balaban J connectivity index is 1.02. The Morgan fingerprint density at radius 3 is 2.63 bits per heavy atom. The van der Waals surface area contributed by atoms with E-state index in [4.69, 9.17) is 4.52 Å². The Kier molecular flexibility index (Phi) is 7.27. The summed E-state index contributed by atoms with van der Waals surface area (Å²) < 4.78 is 86.8. The molecule has 1 N–H and O–H groups in total. The molecule has 46 heavy (non-hydrogen) atoms. The fourth-order valence-electron chi connectivity index (χ4n) is 6.62. The number of rotatable bonds is 7. The van der Waals surface area contributed by atoms with Crippen molar-refractivity contribution in [2.75, 3.05) is 42.9 Å². The van der Waals surface area contributed by atoms with Crippen molar-refractivity contribution < 1.29 is 40.4 Å². The molecule has 2 aliphatic heterocycles. The number of hydrogen-bond donors (Lipinski definition) is 1. The highest BCUT2D eigenvalue weighted by Gasteiger charge is 2.49. The second-order valence-corrected chi connectivity index (χ2v) is 12.5. The van der Waals surface area contributed by atoms with Crippen LogP contribution in [0.4, 0.5) is 37.7 Å². The van der Waals surface area contributed by atoms with Crippen LogP contribution in [0.15, 0.2) is 47.2 Å². The van der Waals surface area contributed by atoms with Crippen molar-refractivity contribution in [2.45, 2.75) is 50.7 Å². The van der Waals surface area contributed by atoms with Crippen molar-refractivity contribution in [2.24, 2.45) is 5.41 Å². The zero-order valence-corrected chi connectivity index (χ0v) is 24.5. The van der Waals surface area contributed by atoms with Gasteiger partial charge in [-0.1, -0.05) is 17.3 Å². The van der Waals surface area contributed by atoms with Gasteiger partial charge in [0.2, 0.25) is 11.7 Å². The highest BCUT2D eigenvalue weighted by Crippen LogP contribution is 2.43. The van der Waals surface area contributed by atoms with Gasteiger partial charge in [-0.2, -0.15) is 23.3 Å². The lowest BCUT2D eigenvalue weighted by molar-refractivity contribution is -0.352. The number of nitrogens with zero attached hydrogens (tertiary/aromatic N) is 6. The molecule has 244 valence electrons. The topological polar surface area (TPSA) is 101 Å². The Morgan fingerprint density at radius 1 is 1.11 bits per heavy atom. The average molecular weight is 650 g/mol. The largest absolute Gasteiger partial charge is 0.522 e. The molecule has 0 bridgehead atoms. The van der Waals surface area contributed by atoms with Gasteiger partial charge in [-0.25, -0.2) is 4.52 Å². The molecule has 1 spiro atoms. The van der Waals surface area contributed by atoms with Gasteiger partial charge < -0.3 is 14.7 Å². The molecule has 1 saturated carbocycles. The van der Waals surface area contributed by atoms with Crippen LogP contribution in [0.25, 0.3) is 16.9 Å². The summed E-state index contributed by atoms with van der Waals surface area (Å²) in [6, 6.07) is 8.95. The molecule has 3 aliphatic rings. The maximum Gasteiger partial charge on any atom is 0.522 e. The maximum atomic E-state index is 13.5. The monoisotopic (exact) mass is 649 g/mol. The Bertz CT molecular complexity index is 1770. The zero-order chi connectivity index (χ0) is 32.4. The van der Waals surface area contributed by atoms with Crippen molar-refractivity contribution >= 4 is 22.8 Å². The molecule has 0 radical (unpaired) electrons. The molecule has 4 aromatic rings. The lowest BCUT2D eigenvalue weighted by Crippen LogP contribution is -2.58. The summed E-state index contributed by atoms with van der Waals surface area (Å²) in [4.78, 5) is 21.4. The number of carbonyl (C=O) groups is 1. The van der Waals surface area contributed by atoms with Crippen LogP contribution in [0, 0.1) is 12.3 Å². The second-order valence-electron chi connectivity index (χ2n) is 12.5. The van der Waals surface area contributed by atoms with Gasteiger partial charge in [0.05, 0.1) is 29.9 Å². The Morgan fingerprint density at radius 2 is 1.89 bits per heavy atom. The molecule has 3 fully saturated rings. The number of carbonyl (C=O) groups excluding carboxylic acids is 1. The summed E-state index contributed by atoms with van der Waals surface area (Å²) in [5, 5.41) is 11.2. The van der Waals surface area contributed by atoms with E-state index < -0.39 is 31.1 Å². The van der Waals surface area contributed by atoms with Crippen LogP contribution in [0.1, 0.15) is 47.0 Å². The number of benzene rings is 1. The molecule has 3 aromatic heterocycles. The summed E-state index contributed by atoms with van der Waals surface area (Å²) in [7, 11) is 0. The van der Waals surface area contributed by atoms with E-state index in [0.29, 0.717) is 54.9 Å².